The SMILES string of the molecule is CCC(=C(c1ccc(OCCN(CC=CC(=O)N(C)C)C(=O)O)cc1)c1ccc2c(c1)c(C(F)(F)F)nn2C1CCCCO1)c1ccccc1. The van der Waals surface area contributed by atoms with Gasteiger partial charge in [-0.1, -0.05) is 61.5 Å². The second-order valence-corrected chi connectivity index (χ2v) is 12.2. The van der Waals surface area contributed by atoms with Gasteiger partial charge in [-0.2, -0.15) is 18.3 Å². The third-order valence-corrected chi connectivity index (χ3v) is 8.54. The number of carboxylic acid groups (broad SMARTS) is 1. The number of benzene rings is 3. The molecule has 1 unspecified atom stereocenters. The van der Waals surface area contributed by atoms with Crippen LogP contribution in [0, 0.1) is 0 Å². The van der Waals surface area contributed by atoms with Crippen molar-refractivity contribution in [3.8, 4) is 5.75 Å². The summed E-state index contributed by atoms with van der Waals surface area (Å²) in [6.45, 7) is 2.65. The molecule has 5 rings (SSSR count). The van der Waals surface area contributed by atoms with Crippen molar-refractivity contribution in [3.05, 3.63) is 107 Å². The minimum Gasteiger partial charge on any atom is -0.492 e. The molecule has 0 spiro atoms. The van der Waals surface area contributed by atoms with Gasteiger partial charge in [0.2, 0.25) is 5.91 Å². The van der Waals surface area contributed by atoms with E-state index in [0.29, 0.717) is 36.3 Å². The molecule has 1 fully saturated rings. The monoisotopic (exact) mass is 690 g/mol. The quantitative estimate of drug-likeness (QED) is 0.119. The summed E-state index contributed by atoms with van der Waals surface area (Å²) in [5.74, 6) is 0.251. The second kappa shape index (κ2) is 16.1. The lowest BCUT2D eigenvalue weighted by molar-refractivity contribution is -0.141. The van der Waals surface area contributed by atoms with Crippen LogP contribution in [0.15, 0.2) is 84.9 Å². The number of hydrogen-bond donors (Lipinski definition) is 1. The highest BCUT2D eigenvalue weighted by atomic mass is 19.4. The summed E-state index contributed by atoms with van der Waals surface area (Å²) < 4.78 is 56.3. The number of aromatic nitrogens is 2. The van der Waals surface area contributed by atoms with Crippen LogP contribution in [-0.2, 0) is 15.7 Å². The zero-order valence-corrected chi connectivity index (χ0v) is 28.3. The predicted molar refractivity (Wildman–Crippen MR) is 186 cm³/mol. The first kappa shape index (κ1) is 36.2. The summed E-state index contributed by atoms with van der Waals surface area (Å²) in [5.41, 5.74) is 3.48. The number of rotatable bonds is 12. The lowest BCUT2D eigenvalue weighted by Crippen LogP contribution is -2.33. The molecule has 0 radical (unpaired) electrons. The summed E-state index contributed by atoms with van der Waals surface area (Å²) in [6.07, 6.45) is -0.647. The normalized spacial score (nSPS) is 15.6. The predicted octanol–water partition coefficient (Wildman–Crippen LogP) is 8.13. The lowest BCUT2D eigenvalue weighted by Gasteiger charge is -2.23. The maximum absolute atomic E-state index is 14.4. The minimum atomic E-state index is -4.66. The molecule has 2 amide bonds. The van der Waals surface area contributed by atoms with Crippen LogP contribution in [0.4, 0.5) is 18.0 Å². The van der Waals surface area contributed by atoms with Gasteiger partial charge in [-0.3, -0.25) is 4.79 Å². The maximum Gasteiger partial charge on any atom is 0.435 e. The number of amides is 2. The molecular weight excluding hydrogens is 649 g/mol. The molecular formula is C38H41F3N4O5. The number of alkyl halides is 3. The lowest BCUT2D eigenvalue weighted by atomic mass is 9.87. The molecule has 1 aliphatic heterocycles. The summed E-state index contributed by atoms with van der Waals surface area (Å²) in [7, 11) is 3.21. The first-order valence-corrected chi connectivity index (χ1v) is 16.6. The van der Waals surface area contributed by atoms with Crippen molar-refractivity contribution in [3.63, 3.8) is 0 Å². The third-order valence-electron chi connectivity index (χ3n) is 8.54. The number of ether oxygens (including phenoxy) is 2. The molecule has 1 N–H and O–H groups in total. The average molecular weight is 691 g/mol. The highest BCUT2D eigenvalue weighted by Gasteiger charge is 2.38. The molecule has 0 aliphatic carbocycles. The highest BCUT2D eigenvalue weighted by molar-refractivity contribution is 6.01. The van der Waals surface area contributed by atoms with Crippen molar-refractivity contribution >= 4 is 34.0 Å². The zero-order chi connectivity index (χ0) is 35.8. The van der Waals surface area contributed by atoms with Crippen LogP contribution in [-0.4, -0.2) is 77.1 Å². The number of allylic oxidation sites excluding steroid dienone is 1. The van der Waals surface area contributed by atoms with Crippen molar-refractivity contribution in [2.45, 2.75) is 45.0 Å². The van der Waals surface area contributed by atoms with Gasteiger partial charge in [0.15, 0.2) is 11.9 Å². The van der Waals surface area contributed by atoms with Crippen molar-refractivity contribution in [1.82, 2.24) is 19.6 Å². The van der Waals surface area contributed by atoms with Gasteiger partial charge in [-0.15, -0.1) is 0 Å². The van der Waals surface area contributed by atoms with Crippen molar-refractivity contribution < 1.29 is 37.3 Å². The molecule has 1 aromatic heterocycles. The Labute approximate surface area is 289 Å². The number of halogens is 3. The fourth-order valence-corrected chi connectivity index (χ4v) is 6.01. The van der Waals surface area contributed by atoms with Gasteiger partial charge in [0.1, 0.15) is 12.4 Å². The van der Waals surface area contributed by atoms with Crippen LogP contribution in [0.25, 0.3) is 22.0 Å². The van der Waals surface area contributed by atoms with Crippen LogP contribution < -0.4 is 4.74 Å². The van der Waals surface area contributed by atoms with Crippen LogP contribution >= 0.6 is 0 Å². The van der Waals surface area contributed by atoms with E-state index in [1.165, 1.54) is 21.7 Å². The number of carbonyl (C=O) groups excluding carboxylic acids is 1. The van der Waals surface area contributed by atoms with Crippen molar-refractivity contribution in [1.29, 1.82) is 0 Å². The highest BCUT2D eigenvalue weighted by Crippen LogP contribution is 2.40. The van der Waals surface area contributed by atoms with Crippen molar-refractivity contribution in [2.24, 2.45) is 0 Å². The Hall–Kier alpha value is -5.10. The average Bonchev–Trinajstić information content (AvgIpc) is 3.50. The first-order chi connectivity index (χ1) is 24.0. The van der Waals surface area contributed by atoms with E-state index in [4.69, 9.17) is 9.47 Å². The van der Waals surface area contributed by atoms with Gasteiger partial charge in [0.25, 0.3) is 0 Å². The van der Waals surface area contributed by atoms with E-state index in [0.717, 1.165) is 40.0 Å². The Kier molecular flexibility index (Phi) is 11.6. The zero-order valence-electron chi connectivity index (χ0n) is 28.3. The number of carbonyl (C=O) groups is 2. The topological polar surface area (TPSA) is 97.1 Å². The van der Waals surface area contributed by atoms with Gasteiger partial charge in [0, 0.05) is 38.7 Å². The Morgan fingerprint density at radius 3 is 2.36 bits per heavy atom. The van der Waals surface area contributed by atoms with Crippen LogP contribution in [0.1, 0.15) is 61.2 Å². The fourth-order valence-electron chi connectivity index (χ4n) is 6.01. The smallest absolute Gasteiger partial charge is 0.435 e. The molecule has 4 aromatic rings. The van der Waals surface area contributed by atoms with Crippen LogP contribution in [0.5, 0.6) is 5.75 Å². The molecule has 0 saturated carbocycles. The van der Waals surface area contributed by atoms with E-state index in [1.54, 1.807) is 38.4 Å². The molecule has 0 bridgehead atoms. The molecule has 1 aliphatic rings. The Bertz CT molecular complexity index is 1840. The molecule has 1 saturated heterocycles. The summed E-state index contributed by atoms with van der Waals surface area (Å²) in [6, 6.07) is 22.0. The fraction of sp³-hybridized carbons (Fsp3) is 0.342. The number of nitrogens with zero attached hydrogens (tertiary/aromatic N) is 4. The first-order valence-electron chi connectivity index (χ1n) is 16.6. The minimum absolute atomic E-state index is 0.00838. The Morgan fingerprint density at radius 1 is 1.02 bits per heavy atom. The van der Waals surface area contributed by atoms with E-state index in [1.807, 2.05) is 55.5 Å². The molecule has 12 heteroatoms. The molecule has 9 nitrogen and oxygen atoms in total. The van der Waals surface area contributed by atoms with E-state index < -0.39 is 24.2 Å². The van der Waals surface area contributed by atoms with Gasteiger partial charge in [0.05, 0.1) is 12.1 Å². The van der Waals surface area contributed by atoms with Gasteiger partial charge >= 0.3 is 12.3 Å². The Balaban J connectivity index is 1.47. The maximum atomic E-state index is 14.4. The standard InChI is InChI=1S/C38H41F3N4O5/c1-4-30(26-11-6-5-7-12-26)35(27-15-18-29(19-16-27)49-24-22-44(37(47)48)21-10-13-33(46)43(2)3)28-17-20-32-31(25-28)36(38(39,40)41)42-45(32)34-14-8-9-23-50-34/h5-7,10-13,15-20,25,34H,4,8-9,14,21-24H2,1-3H3,(H,47,48). The number of hydrogen-bond acceptors (Lipinski definition) is 5. The number of fused-ring (bicyclic) bond motifs is 1. The largest absolute Gasteiger partial charge is 0.492 e. The number of likely N-dealkylation sites (N-methyl/N-ethyl adjacent to an activating group) is 1. The van der Waals surface area contributed by atoms with Gasteiger partial charge in [-0.05, 0) is 77.8 Å². The summed E-state index contributed by atoms with van der Waals surface area (Å²) in [5, 5.41) is 13.6. The molecule has 3 aromatic carbocycles. The summed E-state index contributed by atoms with van der Waals surface area (Å²) >= 11 is 0. The molecule has 2 heterocycles. The second-order valence-electron chi connectivity index (χ2n) is 12.2. The van der Waals surface area contributed by atoms with E-state index in [-0.39, 0.29) is 31.0 Å². The van der Waals surface area contributed by atoms with Crippen LogP contribution in [0.2, 0.25) is 0 Å². The van der Waals surface area contributed by atoms with Gasteiger partial charge in [-0.25, -0.2) is 9.48 Å². The molecule has 50 heavy (non-hydrogen) atoms. The third kappa shape index (κ3) is 8.54. The van der Waals surface area contributed by atoms with Crippen LogP contribution in [0.3, 0.4) is 0 Å². The molecule has 264 valence electrons. The summed E-state index contributed by atoms with van der Waals surface area (Å²) in [4.78, 5) is 26.0. The van der Waals surface area contributed by atoms with Crippen molar-refractivity contribution in [2.75, 3.05) is 40.4 Å². The van der Waals surface area contributed by atoms with Gasteiger partial charge < -0.3 is 24.4 Å². The van der Waals surface area contributed by atoms with E-state index in [2.05, 4.69) is 5.10 Å². The Morgan fingerprint density at radius 2 is 1.74 bits per heavy atom. The van der Waals surface area contributed by atoms with E-state index >= 15 is 0 Å². The molecule has 1 atom stereocenters. The van der Waals surface area contributed by atoms with E-state index in [9.17, 15) is 27.9 Å².